The van der Waals surface area contributed by atoms with Crippen LogP contribution in [0.25, 0.3) is 0 Å². The first kappa shape index (κ1) is 18.4. The number of hydrogen-bond donors (Lipinski definition) is 1. The van der Waals surface area contributed by atoms with Gasteiger partial charge >= 0.3 is 0 Å². The lowest BCUT2D eigenvalue weighted by Crippen LogP contribution is -2.42. The molecule has 0 bridgehead atoms. The van der Waals surface area contributed by atoms with Gasteiger partial charge in [0, 0.05) is 26.2 Å². The number of nitrogens with zero attached hydrogens (tertiary/aromatic N) is 1. The molecule has 1 atom stereocenters. The predicted octanol–water partition coefficient (Wildman–Crippen LogP) is 2.43. The zero-order chi connectivity index (χ0) is 18.2. The number of rotatable bonds is 7. The molecule has 5 heteroatoms. The van der Waals surface area contributed by atoms with Crippen LogP contribution in [0.5, 0.6) is 5.75 Å². The van der Waals surface area contributed by atoms with Gasteiger partial charge < -0.3 is 14.8 Å². The zero-order valence-electron chi connectivity index (χ0n) is 15.2. The van der Waals surface area contributed by atoms with Crippen LogP contribution in [-0.2, 0) is 16.0 Å². The Hall–Kier alpha value is -2.37. The SMILES string of the molecule is COc1ccc(CC(=O)NCCN2CCO[C@H](c3ccccc3)C2)cc1. The highest BCUT2D eigenvalue weighted by Crippen LogP contribution is 2.21. The van der Waals surface area contributed by atoms with E-state index in [9.17, 15) is 4.79 Å². The second kappa shape index (κ2) is 9.36. The van der Waals surface area contributed by atoms with Gasteiger partial charge in [-0.05, 0) is 23.3 Å². The van der Waals surface area contributed by atoms with E-state index >= 15 is 0 Å². The number of benzene rings is 2. The Bertz CT molecular complexity index is 688. The molecule has 0 aliphatic carbocycles. The Labute approximate surface area is 154 Å². The van der Waals surface area contributed by atoms with Gasteiger partial charge in [0.15, 0.2) is 0 Å². The minimum Gasteiger partial charge on any atom is -0.497 e. The van der Waals surface area contributed by atoms with E-state index in [1.165, 1.54) is 5.56 Å². The molecule has 1 aliphatic heterocycles. The van der Waals surface area contributed by atoms with Crippen LogP contribution in [0.1, 0.15) is 17.2 Å². The van der Waals surface area contributed by atoms with E-state index in [4.69, 9.17) is 9.47 Å². The van der Waals surface area contributed by atoms with Crippen LogP contribution in [0.3, 0.4) is 0 Å². The standard InChI is InChI=1S/C21H26N2O3/c1-25-19-9-7-17(8-10-19)15-21(24)22-11-12-23-13-14-26-20(16-23)18-5-3-2-4-6-18/h2-10,20H,11-16H2,1H3,(H,22,24)/t20-/m0/s1. The van der Waals surface area contributed by atoms with Crippen LogP contribution in [0.15, 0.2) is 54.6 Å². The first-order chi connectivity index (χ1) is 12.7. The van der Waals surface area contributed by atoms with Crippen LogP contribution in [0, 0.1) is 0 Å². The first-order valence-corrected chi connectivity index (χ1v) is 9.03. The maximum Gasteiger partial charge on any atom is 0.224 e. The molecule has 138 valence electrons. The minimum absolute atomic E-state index is 0.0445. The van der Waals surface area contributed by atoms with E-state index in [0.29, 0.717) is 13.0 Å². The quantitative estimate of drug-likeness (QED) is 0.830. The van der Waals surface area contributed by atoms with Crippen molar-refractivity contribution in [2.45, 2.75) is 12.5 Å². The molecule has 1 heterocycles. The molecule has 26 heavy (non-hydrogen) atoms. The highest BCUT2D eigenvalue weighted by molar-refractivity contribution is 5.78. The second-order valence-electron chi connectivity index (χ2n) is 6.45. The maximum absolute atomic E-state index is 12.1. The third-order valence-corrected chi connectivity index (χ3v) is 4.60. The molecule has 1 fully saturated rings. The van der Waals surface area contributed by atoms with E-state index in [1.807, 2.05) is 42.5 Å². The lowest BCUT2D eigenvalue weighted by Gasteiger charge is -2.33. The maximum atomic E-state index is 12.1. The molecule has 3 rings (SSSR count). The van der Waals surface area contributed by atoms with Crippen molar-refractivity contribution in [2.24, 2.45) is 0 Å². The van der Waals surface area contributed by atoms with Gasteiger partial charge in [0.25, 0.3) is 0 Å². The van der Waals surface area contributed by atoms with Crippen LogP contribution in [0.2, 0.25) is 0 Å². The fraction of sp³-hybridized carbons (Fsp3) is 0.381. The van der Waals surface area contributed by atoms with Crippen LogP contribution in [-0.4, -0.2) is 50.7 Å². The van der Waals surface area contributed by atoms with Gasteiger partial charge in [-0.25, -0.2) is 0 Å². The summed E-state index contributed by atoms with van der Waals surface area (Å²) >= 11 is 0. The Kier molecular flexibility index (Phi) is 6.63. The van der Waals surface area contributed by atoms with Crippen molar-refractivity contribution in [1.29, 1.82) is 0 Å². The van der Waals surface area contributed by atoms with E-state index in [-0.39, 0.29) is 12.0 Å². The van der Waals surface area contributed by atoms with Gasteiger partial charge in [-0.15, -0.1) is 0 Å². The number of morpholine rings is 1. The number of carbonyl (C=O) groups excluding carboxylic acids is 1. The van der Waals surface area contributed by atoms with Gasteiger partial charge in [-0.2, -0.15) is 0 Å². The molecule has 5 nitrogen and oxygen atoms in total. The number of nitrogens with one attached hydrogen (secondary N) is 1. The molecule has 2 aromatic carbocycles. The van der Waals surface area contributed by atoms with Gasteiger partial charge in [0.1, 0.15) is 5.75 Å². The van der Waals surface area contributed by atoms with E-state index in [0.717, 1.165) is 37.6 Å². The van der Waals surface area contributed by atoms with Crippen LogP contribution in [0.4, 0.5) is 0 Å². The Morgan fingerprint density at radius 2 is 1.96 bits per heavy atom. The Balaban J connectivity index is 1.40. The van der Waals surface area contributed by atoms with Crippen molar-refractivity contribution in [2.75, 3.05) is 39.9 Å². The number of methoxy groups -OCH3 is 1. The summed E-state index contributed by atoms with van der Waals surface area (Å²) in [5, 5.41) is 3.01. The molecule has 0 radical (unpaired) electrons. The highest BCUT2D eigenvalue weighted by Gasteiger charge is 2.21. The molecule has 0 unspecified atom stereocenters. The molecule has 1 aliphatic rings. The van der Waals surface area contributed by atoms with Crippen molar-refractivity contribution in [3.8, 4) is 5.75 Å². The summed E-state index contributed by atoms with van der Waals surface area (Å²) in [5.41, 5.74) is 2.19. The fourth-order valence-corrected chi connectivity index (χ4v) is 3.12. The number of carbonyl (C=O) groups is 1. The van der Waals surface area contributed by atoms with E-state index < -0.39 is 0 Å². The van der Waals surface area contributed by atoms with Crippen molar-refractivity contribution in [3.05, 3.63) is 65.7 Å². The Morgan fingerprint density at radius 1 is 1.19 bits per heavy atom. The molecule has 0 aromatic heterocycles. The predicted molar refractivity (Wildman–Crippen MR) is 101 cm³/mol. The summed E-state index contributed by atoms with van der Waals surface area (Å²) in [6.45, 7) is 3.97. The van der Waals surface area contributed by atoms with Crippen molar-refractivity contribution < 1.29 is 14.3 Å². The average Bonchev–Trinajstić information content (AvgIpc) is 2.69. The normalized spacial score (nSPS) is 17.7. The molecular formula is C21H26N2O3. The van der Waals surface area contributed by atoms with Gasteiger partial charge in [-0.1, -0.05) is 42.5 Å². The minimum atomic E-state index is 0.0445. The fourth-order valence-electron chi connectivity index (χ4n) is 3.12. The van der Waals surface area contributed by atoms with Gasteiger partial charge in [0.2, 0.25) is 5.91 Å². The summed E-state index contributed by atoms with van der Waals surface area (Å²) < 4.78 is 11.0. The average molecular weight is 354 g/mol. The lowest BCUT2D eigenvalue weighted by atomic mass is 10.1. The zero-order valence-corrected chi connectivity index (χ0v) is 15.2. The molecule has 2 aromatic rings. The van der Waals surface area contributed by atoms with Gasteiger partial charge in [0.05, 0.1) is 26.2 Å². The topological polar surface area (TPSA) is 50.8 Å². The summed E-state index contributed by atoms with van der Waals surface area (Å²) in [4.78, 5) is 14.5. The highest BCUT2D eigenvalue weighted by atomic mass is 16.5. The number of ether oxygens (including phenoxy) is 2. The molecular weight excluding hydrogens is 328 g/mol. The van der Waals surface area contributed by atoms with E-state index in [1.54, 1.807) is 7.11 Å². The summed E-state index contributed by atoms with van der Waals surface area (Å²) in [7, 11) is 1.63. The monoisotopic (exact) mass is 354 g/mol. The molecule has 1 saturated heterocycles. The largest absolute Gasteiger partial charge is 0.497 e. The molecule has 1 amide bonds. The molecule has 1 N–H and O–H groups in total. The Morgan fingerprint density at radius 3 is 2.69 bits per heavy atom. The third kappa shape index (κ3) is 5.31. The number of amides is 1. The van der Waals surface area contributed by atoms with Crippen molar-refractivity contribution in [1.82, 2.24) is 10.2 Å². The lowest BCUT2D eigenvalue weighted by molar-refractivity contribution is -0.120. The summed E-state index contributed by atoms with van der Waals surface area (Å²) in [6, 6.07) is 17.9. The van der Waals surface area contributed by atoms with Crippen LogP contribution < -0.4 is 10.1 Å². The van der Waals surface area contributed by atoms with E-state index in [2.05, 4.69) is 22.3 Å². The second-order valence-corrected chi connectivity index (χ2v) is 6.45. The number of hydrogen-bond acceptors (Lipinski definition) is 4. The van der Waals surface area contributed by atoms with Crippen molar-refractivity contribution in [3.63, 3.8) is 0 Å². The molecule has 0 spiro atoms. The third-order valence-electron chi connectivity index (χ3n) is 4.60. The van der Waals surface area contributed by atoms with Crippen molar-refractivity contribution >= 4 is 5.91 Å². The van der Waals surface area contributed by atoms with Crippen LogP contribution >= 0.6 is 0 Å². The smallest absolute Gasteiger partial charge is 0.224 e. The van der Waals surface area contributed by atoms with Gasteiger partial charge in [-0.3, -0.25) is 9.69 Å². The summed E-state index contributed by atoms with van der Waals surface area (Å²) in [5.74, 6) is 0.845. The summed E-state index contributed by atoms with van der Waals surface area (Å²) in [6.07, 6.45) is 0.500. The first-order valence-electron chi connectivity index (χ1n) is 9.03. The molecule has 0 saturated carbocycles.